The first-order valence-electron chi connectivity index (χ1n) is 19.6. The van der Waals surface area contributed by atoms with Gasteiger partial charge in [-0.25, -0.2) is 0 Å². The number of rotatable bonds is 15. The smallest absolute Gasteiger partial charge is 0.128 e. The Bertz CT molecular complexity index is 1430. The molecular weight excluding hydrogens is 615 g/mol. The zero-order valence-electron chi connectivity index (χ0n) is 35.2. The molecule has 2 rings (SSSR count). The van der Waals surface area contributed by atoms with Crippen LogP contribution in [0.15, 0.2) is 34.3 Å². The number of benzene rings is 2. The van der Waals surface area contributed by atoms with Crippen molar-refractivity contribution in [3.05, 3.63) is 57.6 Å². The van der Waals surface area contributed by atoms with Gasteiger partial charge >= 0.3 is 0 Å². The predicted octanol–water partition coefficient (Wildman–Crippen LogP) is 11.4. The zero-order chi connectivity index (χ0) is 38.3. The Labute approximate surface area is 308 Å². The highest BCUT2D eigenvalue weighted by molar-refractivity contribution is 5.86. The summed E-state index contributed by atoms with van der Waals surface area (Å²) in [4.78, 5) is 10.6. The minimum absolute atomic E-state index is 0.0520. The molecule has 2 aromatic carbocycles. The van der Waals surface area contributed by atoms with Crippen LogP contribution in [0.3, 0.4) is 0 Å². The van der Waals surface area contributed by atoms with Crippen LogP contribution >= 0.6 is 0 Å². The second kappa shape index (κ2) is 17.2. The van der Waals surface area contributed by atoms with Gasteiger partial charge in [0.25, 0.3) is 0 Å². The minimum Gasteiger partial charge on any atom is -0.507 e. The van der Waals surface area contributed by atoms with Crippen LogP contribution < -0.4 is 0 Å². The summed E-state index contributed by atoms with van der Waals surface area (Å²) in [5.74, 6) is 0.636. The van der Waals surface area contributed by atoms with Crippen molar-refractivity contribution in [2.24, 2.45) is 9.98 Å². The van der Waals surface area contributed by atoms with Crippen LogP contribution in [0.1, 0.15) is 176 Å². The first-order valence-corrected chi connectivity index (χ1v) is 19.6. The second-order valence-corrected chi connectivity index (χ2v) is 18.9. The number of phenols is 2. The van der Waals surface area contributed by atoms with E-state index >= 15 is 0 Å². The van der Waals surface area contributed by atoms with E-state index in [2.05, 4.69) is 135 Å². The Morgan fingerprint density at radius 2 is 0.920 bits per heavy atom. The molecule has 0 spiro atoms. The number of nitrogens with zero attached hydrogens (tertiary/aromatic N) is 3. The Hall–Kier alpha value is -2.66. The van der Waals surface area contributed by atoms with Crippen molar-refractivity contribution < 1.29 is 14.7 Å². The number of unbranched alkanes of at least 4 members (excludes halogenated alkanes) is 1. The molecule has 2 unspecified atom stereocenters. The molecule has 2 N–H and O–H groups in total. The van der Waals surface area contributed by atoms with E-state index in [1.807, 2.05) is 12.4 Å². The quantitative estimate of drug-likeness (QED) is 0.144. The molecule has 0 aliphatic heterocycles. The van der Waals surface area contributed by atoms with Gasteiger partial charge in [-0.05, 0) is 85.0 Å². The van der Waals surface area contributed by atoms with Gasteiger partial charge in [0.2, 0.25) is 0 Å². The molecule has 0 saturated carbocycles. The van der Waals surface area contributed by atoms with Gasteiger partial charge in [-0.1, -0.05) is 115 Å². The third kappa shape index (κ3) is 11.7. The summed E-state index contributed by atoms with van der Waals surface area (Å²) in [6.45, 7) is 39.9. The van der Waals surface area contributed by atoms with Crippen molar-refractivity contribution in [1.82, 2.24) is 0 Å². The SMILES string of the molecule is CCCCC(N=Cc1cc(C(C)(C)C)cc(C(C)(C)C)c1O)C(CCC[N+](CC)(CC)CC)N=Cc1cc(C(C)(C)C)cc(C(C)(C)C)c1O. The number of hydrogen-bond acceptors (Lipinski definition) is 4. The van der Waals surface area contributed by atoms with Crippen molar-refractivity contribution in [1.29, 1.82) is 0 Å². The van der Waals surface area contributed by atoms with Gasteiger partial charge in [-0.15, -0.1) is 0 Å². The van der Waals surface area contributed by atoms with E-state index in [1.54, 1.807) is 0 Å². The lowest BCUT2D eigenvalue weighted by atomic mass is 9.79. The number of hydrogen-bond donors (Lipinski definition) is 2. The van der Waals surface area contributed by atoms with Crippen molar-refractivity contribution in [3.63, 3.8) is 0 Å². The van der Waals surface area contributed by atoms with Crippen LogP contribution in [-0.4, -0.2) is 65.4 Å². The third-order valence-electron chi connectivity index (χ3n) is 10.9. The molecule has 0 aliphatic carbocycles. The zero-order valence-corrected chi connectivity index (χ0v) is 35.2. The lowest BCUT2D eigenvalue weighted by Crippen LogP contribution is -2.48. The molecule has 5 nitrogen and oxygen atoms in total. The van der Waals surface area contributed by atoms with E-state index in [-0.39, 0.29) is 33.7 Å². The molecule has 0 aliphatic rings. The maximum atomic E-state index is 11.6. The highest BCUT2D eigenvalue weighted by Crippen LogP contribution is 2.39. The standard InChI is InChI=1S/C45H75N3O2/c1-17-21-23-38(46-30-32-26-34(42(5,6)7)28-36(40(32)49)44(11,12)13)39(24-22-25-48(18-2,19-3)20-4)47-31-33-27-35(43(8,9)10)29-37(41(33)50)45(14,15)16/h26-31,38-39H,17-25H2,1-16H3,(H-,46,47,49,50)/p+1. The molecule has 2 aromatic rings. The number of aromatic hydroxyl groups is 2. The first-order chi connectivity index (χ1) is 22.9. The molecule has 0 aromatic heterocycles. The number of quaternary nitrogens is 1. The van der Waals surface area contributed by atoms with Gasteiger partial charge in [-0.2, -0.15) is 0 Å². The van der Waals surface area contributed by atoms with Crippen LogP contribution in [0.4, 0.5) is 0 Å². The highest BCUT2D eigenvalue weighted by Gasteiger charge is 2.28. The summed E-state index contributed by atoms with van der Waals surface area (Å²) in [6, 6.07) is 8.45. The van der Waals surface area contributed by atoms with E-state index in [9.17, 15) is 10.2 Å². The van der Waals surface area contributed by atoms with E-state index < -0.39 is 0 Å². The lowest BCUT2D eigenvalue weighted by molar-refractivity contribution is -0.923. The fourth-order valence-corrected chi connectivity index (χ4v) is 6.80. The minimum atomic E-state index is -0.210. The van der Waals surface area contributed by atoms with Crippen LogP contribution in [0.5, 0.6) is 11.5 Å². The Balaban J connectivity index is 2.76. The van der Waals surface area contributed by atoms with Crippen LogP contribution in [0, 0.1) is 0 Å². The van der Waals surface area contributed by atoms with E-state index in [0.29, 0.717) is 11.5 Å². The van der Waals surface area contributed by atoms with Gasteiger partial charge in [0.1, 0.15) is 11.5 Å². The van der Waals surface area contributed by atoms with Gasteiger partial charge < -0.3 is 14.7 Å². The van der Waals surface area contributed by atoms with Gasteiger partial charge in [0.15, 0.2) is 0 Å². The normalized spacial score (nSPS) is 15.0. The molecule has 0 heterocycles. The Morgan fingerprint density at radius 1 is 0.560 bits per heavy atom. The molecule has 0 radical (unpaired) electrons. The fourth-order valence-electron chi connectivity index (χ4n) is 6.80. The topological polar surface area (TPSA) is 65.2 Å². The maximum Gasteiger partial charge on any atom is 0.128 e. The van der Waals surface area contributed by atoms with E-state index in [1.165, 1.54) is 11.1 Å². The van der Waals surface area contributed by atoms with Gasteiger partial charge in [0, 0.05) is 34.7 Å². The predicted molar refractivity (Wildman–Crippen MR) is 219 cm³/mol. The van der Waals surface area contributed by atoms with Crippen molar-refractivity contribution in [2.45, 2.75) is 177 Å². The van der Waals surface area contributed by atoms with Crippen LogP contribution in [-0.2, 0) is 21.7 Å². The fraction of sp³-hybridized carbons (Fsp3) is 0.689. The maximum absolute atomic E-state index is 11.6. The van der Waals surface area contributed by atoms with E-state index in [0.717, 1.165) is 85.0 Å². The summed E-state index contributed by atoms with van der Waals surface area (Å²) in [5.41, 5.74) is 5.28. The molecule has 282 valence electrons. The van der Waals surface area contributed by atoms with Gasteiger partial charge in [-0.3, -0.25) is 9.98 Å². The van der Waals surface area contributed by atoms with Crippen molar-refractivity contribution in [3.8, 4) is 11.5 Å². The molecule has 0 fully saturated rings. The molecule has 0 amide bonds. The number of phenolic OH excluding ortho intramolecular Hbond substituents is 2. The monoisotopic (exact) mass is 691 g/mol. The molecule has 0 bridgehead atoms. The van der Waals surface area contributed by atoms with Crippen molar-refractivity contribution >= 4 is 12.4 Å². The van der Waals surface area contributed by atoms with Crippen LogP contribution in [0.2, 0.25) is 0 Å². The van der Waals surface area contributed by atoms with Crippen LogP contribution in [0.25, 0.3) is 0 Å². The molecule has 5 heteroatoms. The molecule has 0 saturated heterocycles. The largest absolute Gasteiger partial charge is 0.507 e. The number of aliphatic imine (C=N–C) groups is 2. The molecule has 50 heavy (non-hydrogen) atoms. The summed E-state index contributed by atoms with van der Waals surface area (Å²) in [7, 11) is 0. The summed E-state index contributed by atoms with van der Waals surface area (Å²) < 4.78 is 1.10. The van der Waals surface area contributed by atoms with Crippen molar-refractivity contribution in [2.75, 3.05) is 26.2 Å². The molecular formula is C45H76N3O2+. The van der Waals surface area contributed by atoms with E-state index in [4.69, 9.17) is 9.98 Å². The second-order valence-electron chi connectivity index (χ2n) is 18.9. The highest BCUT2D eigenvalue weighted by atomic mass is 16.3. The summed E-state index contributed by atoms with van der Waals surface area (Å²) >= 11 is 0. The summed E-state index contributed by atoms with van der Waals surface area (Å²) in [6.07, 6.45) is 8.85. The first kappa shape index (κ1) is 43.5. The summed E-state index contributed by atoms with van der Waals surface area (Å²) in [5, 5.41) is 23.2. The third-order valence-corrected chi connectivity index (χ3v) is 10.9. The van der Waals surface area contributed by atoms with Gasteiger partial charge in [0.05, 0.1) is 38.3 Å². The Morgan fingerprint density at radius 3 is 1.22 bits per heavy atom. The average Bonchev–Trinajstić information content (AvgIpc) is 3.00. The lowest BCUT2D eigenvalue weighted by Gasteiger charge is -2.36. The average molecular weight is 691 g/mol. The Kier molecular flexibility index (Phi) is 15.0. The molecule has 2 atom stereocenters.